The molecule has 1 aliphatic heterocycles. The lowest BCUT2D eigenvalue weighted by Crippen LogP contribution is -2.35. The summed E-state index contributed by atoms with van der Waals surface area (Å²) in [5, 5.41) is 6.89. The summed E-state index contributed by atoms with van der Waals surface area (Å²) in [5.41, 5.74) is 9.29. The lowest BCUT2D eigenvalue weighted by Gasteiger charge is -2.25. The van der Waals surface area contributed by atoms with E-state index in [1.807, 2.05) is 30.6 Å². The molecule has 6 heteroatoms. The van der Waals surface area contributed by atoms with Crippen molar-refractivity contribution in [1.29, 1.82) is 0 Å². The van der Waals surface area contributed by atoms with E-state index in [0.29, 0.717) is 0 Å². The Kier molecular flexibility index (Phi) is 3.50. The van der Waals surface area contributed by atoms with Crippen LogP contribution in [0.25, 0.3) is 5.70 Å². The molecule has 0 aromatic carbocycles. The third-order valence-electron chi connectivity index (χ3n) is 3.30. The van der Waals surface area contributed by atoms with Gasteiger partial charge in [-0.05, 0) is 25.5 Å². The Morgan fingerprint density at radius 2 is 2.30 bits per heavy atom. The van der Waals surface area contributed by atoms with Gasteiger partial charge in [-0.25, -0.2) is 4.98 Å². The largest absolute Gasteiger partial charge is 0.302 e. The van der Waals surface area contributed by atoms with Crippen molar-refractivity contribution >= 4 is 23.3 Å². The summed E-state index contributed by atoms with van der Waals surface area (Å²) >= 11 is 1.64. The molecule has 0 fully saturated rings. The van der Waals surface area contributed by atoms with E-state index in [1.165, 1.54) is 4.91 Å². The van der Waals surface area contributed by atoms with Crippen LogP contribution in [-0.4, -0.2) is 20.7 Å². The molecule has 3 rings (SSSR count). The minimum atomic E-state index is -0.153. The first kappa shape index (κ1) is 13.2. The fraction of sp³-hybridized carbons (Fsp3) is 0.286. The lowest BCUT2D eigenvalue weighted by molar-refractivity contribution is 0.901. The fourth-order valence-corrected chi connectivity index (χ4v) is 3.36. The highest BCUT2D eigenvalue weighted by Gasteiger charge is 2.31. The quantitative estimate of drug-likeness (QED) is 0.908. The molecular weight excluding hydrogens is 270 g/mol. The highest BCUT2D eigenvalue weighted by Crippen LogP contribution is 2.42. The first-order valence-electron chi connectivity index (χ1n) is 6.58. The van der Waals surface area contributed by atoms with E-state index < -0.39 is 0 Å². The van der Waals surface area contributed by atoms with Crippen molar-refractivity contribution in [2.75, 3.05) is 4.90 Å². The number of H-pyrrole nitrogens is 1. The second kappa shape index (κ2) is 5.30. The number of nitrogens with two attached hydrogens (primary N) is 1. The molecule has 2 aromatic rings. The molecule has 20 heavy (non-hydrogen) atoms. The van der Waals surface area contributed by atoms with Crippen molar-refractivity contribution in [1.82, 2.24) is 15.2 Å². The minimum absolute atomic E-state index is 0.153. The number of aryl methyl sites for hydroxylation is 1. The van der Waals surface area contributed by atoms with Crippen LogP contribution in [0.2, 0.25) is 0 Å². The van der Waals surface area contributed by atoms with E-state index in [4.69, 9.17) is 5.73 Å². The van der Waals surface area contributed by atoms with Crippen LogP contribution in [0.1, 0.15) is 25.1 Å². The highest BCUT2D eigenvalue weighted by molar-refractivity contribution is 8.04. The van der Waals surface area contributed by atoms with Crippen LogP contribution >= 0.6 is 11.8 Å². The van der Waals surface area contributed by atoms with Gasteiger partial charge in [0.25, 0.3) is 0 Å². The number of hydrogen-bond donors (Lipinski definition) is 2. The average Bonchev–Trinajstić information content (AvgIpc) is 3.06. The van der Waals surface area contributed by atoms with Gasteiger partial charge in [-0.15, -0.1) is 0 Å². The number of anilines is 1. The number of aromatic amines is 1. The number of allylic oxidation sites excluding steroid dienone is 1. The highest BCUT2D eigenvalue weighted by atomic mass is 32.2. The van der Waals surface area contributed by atoms with Gasteiger partial charge in [0, 0.05) is 22.4 Å². The molecule has 104 valence electrons. The zero-order chi connectivity index (χ0) is 14.1. The SMILES string of the molecule is CCc1cccc(N2C(c3cn[nH]c3)=C(C)SC2N)n1. The van der Waals surface area contributed by atoms with Crippen LogP contribution in [0.3, 0.4) is 0 Å². The Hall–Kier alpha value is -1.79. The lowest BCUT2D eigenvalue weighted by atomic mass is 10.2. The maximum atomic E-state index is 6.27. The Labute approximate surface area is 122 Å². The molecule has 0 spiro atoms. The summed E-state index contributed by atoms with van der Waals surface area (Å²) in [5.74, 6) is 0.886. The monoisotopic (exact) mass is 287 g/mol. The molecule has 0 aliphatic carbocycles. The average molecular weight is 287 g/mol. The van der Waals surface area contributed by atoms with Gasteiger partial charge in [-0.1, -0.05) is 24.8 Å². The van der Waals surface area contributed by atoms with Crippen molar-refractivity contribution in [2.24, 2.45) is 5.73 Å². The van der Waals surface area contributed by atoms with E-state index in [1.54, 1.807) is 11.8 Å². The number of thioether (sulfide) groups is 1. The summed E-state index contributed by atoms with van der Waals surface area (Å²) in [6.45, 7) is 4.18. The smallest absolute Gasteiger partial charge is 0.135 e. The molecule has 0 saturated carbocycles. The molecule has 2 aromatic heterocycles. The molecule has 3 N–H and O–H groups in total. The van der Waals surface area contributed by atoms with Crippen molar-refractivity contribution in [2.45, 2.75) is 25.8 Å². The van der Waals surface area contributed by atoms with Crippen molar-refractivity contribution in [3.8, 4) is 0 Å². The molecule has 1 aliphatic rings. The molecule has 5 nitrogen and oxygen atoms in total. The minimum Gasteiger partial charge on any atom is -0.302 e. The molecule has 0 bridgehead atoms. The molecule has 1 atom stereocenters. The summed E-state index contributed by atoms with van der Waals surface area (Å²) in [4.78, 5) is 7.94. The number of rotatable bonds is 3. The Balaban J connectivity index is 2.06. The number of nitrogens with one attached hydrogen (secondary N) is 1. The Morgan fingerprint density at radius 3 is 3.00 bits per heavy atom. The number of hydrogen-bond acceptors (Lipinski definition) is 5. The number of pyridine rings is 1. The number of nitrogens with zero attached hydrogens (tertiary/aromatic N) is 3. The second-order valence-corrected chi connectivity index (χ2v) is 5.94. The van der Waals surface area contributed by atoms with Crippen LogP contribution in [0.4, 0.5) is 5.82 Å². The summed E-state index contributed by atoms with van der Waals surface area (Å²) in [7, 11) is 0. The first-order valence-corrected chi connectivity index (χ1v) is 7.46. The van der Waals surface area contributed by atoms with Gasteiger partial charge in [0.15, 0.2) is 0 Å². The molecule has 0 radical (unpaired) electrons. The molecule has 1 unspecified atom stereocenters. The van der Waals surface area contributed by atoms with Gasteiger partial charge in [0.05, 0.1) is 11.9 Å². The number of aromatic nitrogens is 3. The molecule has 3 heterocycles. The van der Waals surface area contributed by atoms with Crippen LogP contribution in [-0.2, 0) is 6.42 Å². The zero-order valence-electron chi connectivity index (χ0n) is 11.5. The fourth-order valence-electron chi connectivity index (χ4n) is 2.35. The van der Waals surface area contributed by atoms with Crippen molar-refractivity contribution in [3.63, 3.8) is 0 Å². The maximum Gasteiger partial charge on any atom is 0.135 e. The zero-order valence-corrected chi connectivity index (χ0v) is 12.3. The van der Waals surface area contributed by atoms with Crippen molar-refractivity contribution in [3.05, 3.63) is 46.8 Å². The molecule has 0 saturated heterocycles. The van der Waals surface area contributed by atoms with Crippen LogP contribution < -0.4 is 10.6 Å². The molecule has 0 amide bonds. The first-order chi connectivity index (χ1) is 9.70. The van der Waals surface area contributed by atoms with E-state index in [2.05, 4.69) is 33.9 Å². The Morgan fingerprint density at radius 1 is 1.45 bits per heavy atom. The van der Waals surface area contributed by atoms with E-state index in [9.17, 15) is 0 Å². The van der Waals surface area contributed by atoms with Gasteiger partial charge in [0.2, 0.25) is 0 Å². The summed E-state index contributed by atoms with van der Waals surface area (Å²) in [6, 6.07) is 6.06. The van der Waals surface area contributed by atoms with E-state index in [-0.39, 0.29) is 5.50 Å². The van der Waals surface area contributed by atoms with Crippen LogP contribution in [0, 0.1) is 0 Å². The van der Waals surface area contributed by atoms with Crippen LogP contribution in [0.5, 0.6) is 0 Å². The third-order valence-corrected chi connectivity index (χ3v) is 4.30. The summed E-state index contributed by atoms with van der Waals surface area (Å²) < 4.78 is 0. The van der Waals surface area contributed by atoms with Gasteiger partial charge in [-0.2, -0.15) is 5.10 Å². The predicted octanol–water partition coefficient (Wildman–Crippen LogP) is 2.55. The third kappa shape index (κ3) is 2.21. The second-order valence-electron chi connectivity index (χ2n) is 4.61. The summed E-state index contributed by atoms with van der Waals surface area (Å²) in [6.07, 6.45) is 4.61. The molecular formula is C14H17N5S. The van der Waals surface area contributed by atoms with Crippen LogP contribution in [0.15, 0.2) is 35.5 Å². The maximum absolute atomic E-state index is 6.27. The predicted molar refractivity (Wildman–Crippen MR) is 82.8 cm³/mol. The Bertz CT molecular complexity index is 635. The normalized spacial score (nSPS) is 18.9. The van der Waals surface area contributed by atoms with Gasteiger partial charge < -0.3 is 5.73 Å². The standard InChI is InChI=1S/C14H17N5S/c1-3-11-5-4-6-12(18-11)19-13(9(2)20-14(19)15)10-7-16-17-8-10/h4-8,14H,3,15H2,1-2H3,(H,16,17). The van der Waals surface area contributed by atoms with Gasteiger partial charge in [0.1, 0.15) is 11.3 Å². The van der Waals surface area contributed by atoms with Gasteiger partial charge >= 0.3 is 0 Å². The van der Waals surface area contributed by atoms with E-state index >= 15 is 0 Å². The van der Waals surface area contributed by atoms with Crippen molar-refractivity contribution < 1.29 is 0 Å². The van der Waals surface area contributed by atoms with Gasteiger partial charge in [-0.3, -0.25) is 10.00 Å². The topological polar surface area (TPSA) is 70.8 Å². The van der Waals surface area contributed by atoms with E-state index in [0.717, 1.165) is 29.2 Å².